The van der Waals surface area contributed by atoms with Gasteiger partial charge in [0, 0.05) is 0 Å². The van der Waals surface area contributed by atoms with Gasteiger partial charge in [-0.25, -0.2) is 0 Å². The van der Waals surface area contributed by atoms with Gasteiger partial charge in [-0.15, -0.1) is 0 Å². The van der Waals surface area contributed by atoms with Gasteiger partial charge in [-0.05, 0) is 42.2 Å². The van der Waals surface area contributed by atoms with Gasteiger partial charge < -0.3 is 5.73 Å². The van der Waals surface area contributed by atoms with Crippen LogP contribution in [-0.2, 0) is 0 Å². The molecule has 0 heterocycles. The van der Waals surface area contributed by atoms with Crippen molar-refractivity contribution in [3.63, 3.8) is 0 Å². The minimum absolute atomic E-state index is 0.252. The summed E-state index contributed by atoms with van der Waals surface area (Å²) in [6.07, 6.45) is 0. The maximum absolute atomic E-state index is 6.34. The number of hydrogen-bond acceptors (Lipinski definition) is 1. The van der Waals surface area contributed by atoms with Crippen molar-refractivity contribution in [2.24, 2.45) is 5.73 Å². The Morgan fingerprint density at radius 3 is 2.11 bits per heavy atom. The molecule has 0 saturated heterocycles. The number of halogens is 2. The minimum atomic E-state index is -0.252. The van der Waals surface area contributed by atoms with Crippen LogP contribution in [-0.4, -0.2) is 0 Å². The Balaban J connectivity index is 2.55. The third-order valence-corrected chi connectivity index (χ3v) is 4.00. The van der Waals surface area contributed by atoms with Crippen LogP contribution in [0.25, 0.3) is 0 Å². The van der Waals surface area contributed by atoms with Gasteiger partial charge in [-0.1, -0.05) is 53.5 Å². The minimum Gasteiger partial charge on any atom is -0.320 e. The van der Waals surface area contributed by atoms with E-state index in [0.29, 0.717) is 10.0 Å². The molecular weight excluding hydrogens is 265 g/mol. The Bertz CT molecular complexity index is 558. The van der Waals surface area contributed by atoms with E-state index in [1.165, 1.54) is 11.1 Å². The molecule has 2 rings (SSSR count). The molecule has 2 aromatic rings. The molecule has 0 saturated carbocycles. The van der Waals surface area contributed by atoms with Crippen molar-refractivity contribution < 1.29 is 0 Å². The van der Waals surface area contributed by atoms with Crippen LogP contribution in [0.5, 0.6) is 0 Å². The van der Waals surface area contributed by atoms with Gasteiger partial charge in [0.15, 0.2) is 0 Å². The third-order valence-electron chi connectivity index (χ3n) is 3.17. The summed E-state index contributed by atoms with van der Waals surface area (Å²) >= 11 is 12.3. The summed E-state index contributed by atoms with van der Waals surface area (Å²) in [7, 11) is 0. The molecule has 0 aliphatic carbocycles. The lowest BCUT2D eigenvalue weighted by Gasteiger charge is -2.19. The standard InChI is InChI=1S/C15H15Cl2N/c1-9-5-3-6-10(2)13(9)15(18)11-7-4-8-12(16)14(11)17/h3-8,15H,18H2,1-2H3. The topological polar surface area (TPSA) is 26.0 Å². The highest BCUT2D eigenvalue weighted by Crippen LogP contribution is 2.33. The predicted molar refractivity (Wildman–Crippen MR) is 78.4 cm³/mol. The van der Waals surface area contributed by atoms with Crippen LogP contribution in [0.4, 0.5) is 0 Å². The molecule has 2 N–H and O–H groups in total. The van der Waals surface area contributed by atoms with Crippen LogP contribution >= 0.6 is 23.2 Å². The second-order valence-electron chi connectivity index (χ2n) is 4.43. The molecule has 1 nitrogen and oxygen atoms in total. The van der Waals surface area contributed by atoms with Crippen molar-refractivity contribution in [1.82, 2.24) is 0 Å². The van der Waals surface area contributed by atoms with E-state index in [9.17, 15) is 0 Å². The fourth-order valence-electron chi connectivity index (χ4n) is 2.23. The van der Waals surface area contributed by atoms with E-state index in [1.807, 2.05) is 18.2 Å². The van der Waals surface area contributed by atoms with Crippen LogP contribution in [0.1, 0.15) is 28.3 Å². The summed E-state index contributed by atoms with van der Waals surface area (Å²) in [5, 5.41) is 1.07. The second-order valence-corrected chi connectivity index (χ2v) is 5.21. The van der Waals surface area contributed by atoms with E-state index >= 15 is 0 Å². The number of hydrogen-bond donors (Lipinski definition) is 1. The lowest BCUT2D eigenvalue weighted by Crippen LogP contribution is -2.15. The summed E-state index contributed by atoms with van der Waals surface area (Å²) in [6.45, 7) is 4.11. The zero-order valence-electron chi connectivity index (χ0n) is 10.4. The molecule has 0 aliphatic heterocycles. The first-order valence-electron chi connectivity index (χ1n) is 5.78. The number of aryl methyl sites for hydroxylation is 2. The van der Waals surface area contributed by atoms with Gasteiger partial charge in [-0.2, -0.15) is 0 Å². The van der Waals surface area contributed by atoms with Crippen LogP contribution in [0.3, 0.4) is 0 Å². The van der Waals surface area contributed by atoms with E-state index in [2.05, 4.69) is 26.0 Å². The fourth-order valence-corrected chi connectivity index (χ4v) is 2.66. The molecule has 0 bridgehead atoms. The molecule has 0 amide bonds. The first-order chi connectivity index (χ1) is 8.52. The molecule has 0 aliphatic rings. The van der Waals surface area contributed by atoms with Gasteiger partial charge >= 0.3 is 0 Å². The van der Waals surface area contributed by atoms with Gasteiger partial charge in [0.05, 0.1) is 16.1 Å². The smallest absolute Gasteiger partial charge is 0.0643 e. The highest BCUT2D eigenvalue weighted by molar-refractivity contribution is 6.42. The molecular formula is C15H15Cl2N. The Kier molecular flexibility index (Phi) is 3.96. The molecule has 0 aromatic heterocycles. The fraction of sp³-hybridized carbons (Fsp3) is 0.200. The molecule has 3 heteroatoms. The molecule has 2 aromatic carbocycles. The molecule has 1 unspecified atom stereocenters. The zero-order chi connectivity index (χ0) is 13.3. The zero-order valence-corrected chi connectivity index (χ0v) is 11.9. The van der Waals surface area contributed by atoms with Gasteiger partial charge in [0.2, 0.25) is 0 Å². The number of nitrogens with two attached hydrogens (primary N) is 1. The van der Waals surface area contributed by atoms with Crippen molar-refractivity contribution in [1.29, 1.82) is 0 Å². The largest absolute Gasteiger partial charge is 0.320 e. The monoisotopic (exact) mass is 279 g/mol. The van der Waals surface area contributed by atoms with Gasteiger partial charge in [0.1, 0.15) is 0 Å². The maximum atomic E-state index is 6.34. The van der Waals surface area contributed by atoms with Crippen molar-refractivity contribution in [3.8, 4) is 0 Å². The summed E-state index contributed by atoms with van der Waals surface area (Å²) in [5.74, 6) is 0. The molecule has 1 atom stereocenters. The second kappa shape index (κ2) is 5.31. The van der Waals surface area contributed by atoms with Gasteiger partial charge in [-0.3, -0.25) is 0 Å². The molecule has 18 heavy (non-hydrogen) atoms. The average Bonchev–Trinajstić information content (AvgIpc) is 2.32. The first-order valence-corrected chi connectivity index (χ1v) is 6.53. The lowest BCUT2D eigenvalue weighted by molar-refractivity contribution is 0.852. The van der Waals surface area contributed by atoms with E-state index in [1.54, 1.807) is 6.07 Å². The summed E-state index contributed by atoms with van der Waals surface area (Å²) < 4.78 is 0. The SMILES string of the molecule is Cc1cccc(C)c1C(N)c1cccc(Cl)c1Cl. The van der Waals surface area contributed by atoms with Crippen molar-refractivity contribution in [2.45, 2.75) is 19.9 Å². The molecule has 0 spiro atoms. The number of benzene rings is 2. The van der Waals surface area contributed by atoms with E-state index in [0.717, 1.165) is 11.1 Å². The Labute approximate surface area is 118 Å². The third kappa shape index (κ3) is 2.39. The Morgan fingerprint density at radius 2 is 1.50 bits per heavy atom. The van der Waals surface area contributed by atoms with Crippen LogP contribution < -0.4 is 5.73 Å². The summed E-state index contributed by atoms with van der Waals surface area (Å²) in [5.41, 5.74) is 10.7. The van der Waals surface area contributed by atoms with Crippen LogP contribution in [0.15, 0.2) is 36.4 Å². The summed E-state index contributed by atoms with van der Waals surface area (Å²) in [6, 6.07) is 11.5. The van der Waals surface area contributed by atoms with Crippen molar-refractivity contribution in [3.05, 3.63) is 68.7 Å². The highest BCUT2D eigenvalue weighted by atomic mass is 35.5. The van der Waals surface area contributed by atoms with E-state index < -0.39 is 0 Å². The number of rotatable bonds is 2. The maximum Gasteiger partial charge on any atom is 0.0643 e. The molecule has 0 fully saturated rings. The van der Waals surface area contributed by atoms with Crippen LogP contribution in [0.2, 0.25) is 10.0 Å². The summed E-state index contributed by atoms with van der Waals surface area (Å²) in [4.78, 5) is 0. The normalized spacial score (nSPS) is 12.5. The lowest BCUT2D eigenvalue weighted by atomic mass is 9.92. The molecule has 94 valence electrons. The average molecular weight is 280 g/mol. The highest BCUT2D eigenvalue weighted by Gasteiger charge is 2.17. The quantitative estimate of drug-likeness (QED) is 0.850. The van der Waals surface area contributed by atoms with Gasteiger partial charge in [0.25, 0.3) is 0 Å². The molecule has 0 radical (unpaired) electrons. The van der Waals surface area contributed by atoms with Crippen molar-refractivity contribution in [2.75, 3.05) is 0 Å². The first kappa shape index (κ1) is 13.4. The van der Waals surface area contributed by atoms with E-state index in [-0.39, 0.29) is 6.04 Å². The van der Waals surface area contributed by atoms with Crippen LogP contribution in [0, 0.1) is 13.8 Å². The Hall–Kier alpha value is -1.02. The Morgan fingerprint density at radius 1 is 0.944 bits per heavy atom. The predicted octanol–water partition coefficient (Wildman–Crippen LogP) is 4.66. The van der Waals surface area contributed by atoms with E-state index in [4.69, 9.17) is 28.9 Å². The van der Waals surface area contributed by atoms with Crippen molar-refractivity contribution >= 4 is 23.2 Å².